The monoisotopic (exact) mass is 220 g/mol. The van der Waals surface area contributed by atoms with Crippen LogP contribution in [-0.2, 0) is 18.9 Å². The van der Waals surface area contributed by atoms with Crippen LogP contribution in [0.2, 0.25) is 0 Å². The molecule has 0 aromatic heterocycles. The number of methoxy groups -OCH3 is 4. The lowest BCUT2D eigenvalue weighted by Crippen LogP contribution is -2.32. The van der Waals surface area contributed by atoms with Gasteiger partial charge in [0.15, 0.2) is 6.29 Å². The van der Waals surface area contributed by atoms with Crippen LogP contribution in [0.15, 0.2) is 0 Å². The first-order valence-corrected chi connectivity index (χ1v) is 5.12. The Hall–Kier alpha value is -0.160. The Balaban J connectivity index is 4.13. The average Bonchev–Trinajstić information content (AvgIpc) is 2.24. The number of hydrogen-bond acceptors (Lipinski definition) is 4. The van der Waals surface area contributed by atoms with Gasteiger partial charge in [-0.25, -0.2) is 0 Å². The molecule has 0 heterocycles. The molecule has 4 nitrogen and oxygen atoms in total. The molecular weight excluding hydrogens is 196 g/mol. The van der Waals surface area contributed by atoms with Gasteiger partial charge in [0.2, 0.25) is 0 Å². The lowest BCUT2D eigenvalue weighted by atomic mass is 9.98. The van der Waals surface area contributed by atoms with Crippen molar-refractivity contribution in [2.75, 3.05) is 28.4 Å². The van der Waals surface area contributed by atoms with E-state index in [0.29, 0.717) is 6.42 Å². The number of hydrogen-bond donors (Lipinski definition) is 0. The zero-order chi connectivity index (χ0) is 11.9. The minimum atomic E-state index is -0.220. The maximum Gasteiger partial charge on any atom is 0.159 e. The molecule has 0 radical (unpaired) electrons. The van der Waals surface area contributed by atoms with Crippen LogP contribution in [-0.4, -0.2) is 46.4 Å². The Kier molecular flexibility index (Phi) is 7.09. The third-order valence-electron chi connectivity index (χ3n) is 2.59. The predicted octanol–water partition coefficient (Wildman–Crippen LogP) is 1.83. The van der Waals surface area contributed by atoms with Gasteiger partial charge in [-0.05, 0) is 13.8 Å². The Bertz CT molecular complexity index is 155. The van der Waals surface area contributed by atoms with Crippen molar-refractivity contribution in [3.05, 3.63) is 0 Å². The number of rotatable bonds is 8. The van der Waals surface area contributed by atoms with E-state index >= 15 is 0 Å². The fourth-order valence-corrected chi connectivity index (χ4v) is 1.40. The van der Waals surface area contributed by atoms with Gasteiger partial charge in [-0.1, -0.05) is 0 Å². The fraction of sp³-hybridized carbons (Fsp3) is 1.00. The summed E-state index contributed by atoms with van der Waals surface area (Å²) in [5, 5.41) is 0. The van der Waals surface area contributed by atoms with Gasteiger partial charge in [-0.3, -0.25) is 0 Å². The molecule has 0 aliphatic carbocycles. The van der Waals surface area contributed by atoms with Gasteiger partial charge in [0.1, 0.15) is 0 Å². The van der Waals surface area contributed by atoms with Crippen molar-refractivity contribution in [2.24, 2.45) is 0 Å². The Labute approximate surface area is 92.8 Å². The Morgan fingerprint density at radius 1 is 0.933 bits per heavy atom. The van der Waals surface area contributed by atoms with Crippen molar-refractivity contribution in [1.29, 1.82) is 0 Å². The zero-order valence-corrected chi connectivity index (χ0v) is 10.7. The second-order valence-corrected chi connectivity index (χ2v) is 4.16. The van der Waals surface area contributed by atoms with Crippen molar-refractivity contribution in [2.45, 2.75) is 44.7 Å². The van der Waals surface area contributed by atoms with Crippen LogP contribution in [0.25, 0.3) is 0 Å². The lowest BCUT2D eigenvalue weighted by molar-refractivity contribution is -0.134. The highest BCUT2D eigenvalue weighted by molar-refractivity contribution is 4.74. The summed E-state index contributed by atoms with van der Waals surface area (Å²) in [6.45, 7) is 4.07. The van der Waals surface area contributed by atoms with Crippen molar-refractivity contribution < 1.29 is 18.9 Å². The van der Waals surface area contributed by atoms with Gasteiger partial charge in [0, 0.05) is 41.3 Å². The van der Waals surface area contributed by atoms with Crippen molar-refractivity contribution in [3.8, 4) is 0 Å². The fourth-order valence-electron chi connectivity index (χ4n) is 1.40. The van der Waals surface area contributed by atoms with Gasteiger partial charge in [-0.2, -0.15) is 0 Å². The molecule has 0 spiro atoms. The van der Waals surface area contributed by atoms with Gasteiger partial charge in [0.25, 0.3) is 0 Å². The smallest absolute Gasteiger partial charge is 0.159 e. The zero-order valence-electron chi connectivity index (χ0n) is 10.7. The van der Waals surface area contributed by atoms with E-state index in [2.05, 4.69) is 0 Å². The molecule has 0 fully saturated rings. The summed E-state index contributed by atoms with van der Waals surface area (Å²) < 4.78 is 21.0. The first-order chi connectivity index (χ1) is 6.99. The molecule has 0 saturated heterocycles. The maximum atomic E-state index is 5.38. The molecule has 0 aliphatic heterocycles. The van der Waals surface area contributed by atoms with Crippen LogP contribution in [0.1, 0.15) is 26.7 Å². The molecule has 0 saturated carbocycles. The average molecular weight is 220 g/mol. The predicted molar refractivity (Wildman–Crippen MR) is 58.9 cm³/mol. The summed E-state index contributed by atoms with van der Waals surface area (Å²) >= 11 is 0. The summed E-state index contributed by atoms with van der Waals surface area (Å²) in [6, 6.07) is 0. The topological polar surface area (TPSA) is 36.9 Å². The van der Waals surface area contributed by atoms with Gasteiger partial charge < -0.3 is 18.9 Å². The molecule has 0 aliphatic rings. The molecule has 0 bridgehead atoms. The summed E-state index contributed by atoms with van der Waals surface area (Å²) in [4.78, 5) is 0. The highest BCUT2D eigenvalue weighted by Gasteiger charge is 2.25. The maximum absolute atomic E-state index is 5.38. The lowest BCUT2D eigenvalue weighted by Gasteiger charge is -2.29. The normalized spacial score (nSPS) is 14.6. The van der Waals surface area contributed by atoms with Crippen LogP contribution in [0.5, 0.6) is 0 Å². The van der Waals surface area contributed by atoms with E-state index in [1.807, 2.05) is 13.8 Å². The first-order valence-electron chi connectivity index (χ1n) is 5.12. The van der Waals surface area contributed by atoms with E-state index < -0.39 is 0 Å². The SMILES string of the molecule is COC(CC(OC)OC)CC(C)(C)OC. The second-order valence-electron chi connectivity index (χ2n) is 4.16. The highest BCUT2D eigenvalue weighted by atomic mass is 16.7. The first kappa shape index (κ1) is 14.8. The molecule has 0 aromatic carbocycles. The minimum absolute atomic E-state index is 0.0739. The van der Waals surface area contributed by atoms with Crippen LogP contribution >= 0.6 is 0 Å². The Morgan fingerprint density at radius 2 is 1.47 bits per heavy atom. The van der Waals surface area contributed by atoms with Crippen LogP contribution in [0.4, 0.5) is 0 Å². The van der Waals surface area contributed by atoms with Crippen LogP contribution < -0.4 is 0 Å². The summed E-state index contributed by atoms with van der Waals surface area (Å²) in [7, 11) is 6.65. The molecule has 1 unspecified atom stereocenters. The molecule has 15 heavy (non-hydrogen) atoms. The highest BCUT2D eigenvalue weighted by Crippen LogP contribution is 2.20. The van der Waals surface area contributed by atoms with Crippen LogP contribution in [0, 0.1) is 0 Å². The molecular formula is C11H24O4. The van der Waals surface area contributed by atoms with Crippen molar-refractivity contribution in [3.63, 3.8) is 0 Å². The van der Waals surface area contributed by atoms with E-state index in [0.717, 1.165) is 6.42 Å². The van der Waals surface area contributed by atoms with Gasteiger partial charge in [0.05, 0.1) is 11.7 Å². The van der Waals surface area contributed by atoms with E-state index in [9.17, 15) is 0 Å². The third-order valence-corrected chi connectivity index (χ3v) is 2.59. The van der Waals surface area contributed by atoms with E-state index in [1.54, 1.807) is 28.4 Å². The van der Waals surface area contributed by atoms with Crippen molar-refractivity contribution >= 4 is 0 Å². The molecule has 0 aromatic rings. The second kappa shape index (κ2) is 7.17. The molecule has 0 rings (SSSR count). The molecule has 0 N–H and O–H groups in total. The quantitative estimate of drug-likeness (QED) is 0.585. The standard InChI is InChI=1S/C11H24O4/c1-11(2,15-6)8-9(12-3)7-10(13-4)14-5/h9-10H,7-8H2,1-6H3. The molecule has 92 valence electrons. The van der Waals surface area contributed by atoms with Gasteiger partial charge >= 0.3 is 0 Å². The van der Waals surface area contributed by atoms with E-state index in [4.69, 9.17) is 18.9 Å². The molecule has 1 atom stereocenters. The largest absolute Gasteiger partial charge is 0.381 e. The third kappa shape index (κ3) is 6.10. The molecule has 4 heteroatoms. The Morgan fingerprint density at radius 3 is 1.80 bits per heavy atom. The van der Waals surface area contributed by atoms with Crippen LogP contribution in [0.3, 0.4) is 0 Å². The summed E-state index contributed by atoms with van der Waals surface area (Å²) in [5.41, 5.74) is -0.188. The molecule has 0 amide bonds. The van der Waals surface area contributed by atoms with Crippen molar-refractivity contribution in [1.82, 2.24) is 0 Å². The van der Waals surface area contributed by atoms with E-state index in [1.165, 1.54) is 0 Å². The summed E-state index contributed by atoms with van der Waals surface area (Å²) in [5.74, 6) is 0. The summed E-state index contributed by atoms with van der Waals surface area (Å²) in [6.07, 6.45) is 1.37. The van der Waals surface area contributed by atoms with Gasteiger partial charge in [-0.15, -0.1) is 0 Å². The van der Waals surface area contributed by atoms with E-state index in [-0.39, 0.29) is 18.0 Å². The number of ether oxygens (including phenoxy) is 4. The minimum Gasteiger partial charge on any atom is -0.381 e.